The first-order chi connectivity index (χ1) is 13.1. The van der Waals surface area contributed by atoms with E-state index in [2.05, 4.69) is 15.0 Å². The van der Waals surface area contributed by atoms with Gasteiger partial charge in [-0.2, -0.15) is 4.99 Å². The minimum absolute atomic E-state index is 0.246. The van der Waals surface area contributed by atoms with Crippen LogP contribution in [0.15, 0.2) is 45.3 Å². The quantitative estimate of drug-likeness (QED) is 0.646. The van der Waals surface area contributed by atoms with E-state index in [-0.39, 0.29) is 12.4 Å². The highest BCUT2D eigenvalue weighted by Gasteiger charge is 2.49. The Morgan fingerprint density at radius 2 is 2.00 bits per heavy atom. The molecule has 1 fully saturated rings. The number of amidine groups is 1. The predicted octanol–water partition coefficient (Wildman–Crippen LogP) is -1.03. The van der Waals surface area contributed by atoms with Crippen LogP contribution in [0.3, 0.4) is 0 Å². The monoisotopic (exact) mass is 372 g/mol. The molecular formula is C17H16N4O6. The highest BCUT2D eigenvalue weighted by molar-refractivity contribution is 6.19. The van der Waals surface area contributed by atoms with Crippen molar-refractivity contribution in [2.45, 2.75) is 30.6 Å². The summed E-state index contributed by atoms with van der Waals surface area (Å²) in [6.07, 6.45) is -2.15. The number of carbonyl (C=O) groups excluding carboxylic acids is 2. The Morgan fingerprint density at radius 1 is 1.22 bits per heavy atom. The molecule has 4 rings (SSSR count). The summed E-state index contributed by atoms with van der Waals surface area (Å²) in [5, 5.41) is 20.6. The average molecular weight is 372 g/mol. The molecular weight excluding hydrogens is 356 g/mol. The van der Waals surface area contributed by atoms with Crippen LogP contribution in [0, 0.1) is 0 Å². The zero-order valence-electron chi connectivity index (χ0n) is 14.0. The summed E-state index contributed by atoms with van der Waals surface area (Å²) in [5.41, 5.74) is 0.367. The van der Waals surface area contributed by atoms with Gasteiger partial charge in [-0.3, -0.25) is 14.7 Å². The fraction of sp³-hybridized carbons (Fsp3) is 0.353. The number of rotatable bonds is 4. The molecule has 10 heteroatoms. The molecule has 3 aliphatic rings. The number of aliphatic hydroxyl groups excluding tert-OH is 2. The van der Waals surface area contributed by atoms with Crippen molar-refractivity contribution in [1.82, 2.24) is 4.90 Å². The number of amides is 1. The van der Waals surface area contributed by atoms with E-state index >= 15 is 0 Å². The third-order valence-electron chi connectivity index (χ3n) is 4.46. The Bertz CT molecular complexity index is 839. The molecule has 0 spiro atoms. The summed E-state index contributed by atoms with van der Waals surface area (Å²) in [5.74, 6) is -0.779. The first kappa shape index (κ1) is 17.5. The number of nitrogens with zero attached hydrogens (tertiary/aromatic N) is 4. The molecule has 2 N–H and O–H groups in total. The lowest BCUT2D eigenvalue weighted by atomic mass is 10.1. The number of esters is 1. The van der Waals surface area contributed by atoms with E-state index in [4.69, 9.17) is 9.47 Å². The molecule has 0 aromatic heterocycles. The molecule has 0 saturated carbocycles. The number of benzene rings is 1. The summed E-state index contributed by atoms with van der Waals surface area (Å²) in [7, 11) is 0. The second-order valence-corrected chi connectivity index (χ2v) is 6.16. The Kier molecular flexibility index (Phi) is 4.52. The number of ether oxygens (including phenoxy) is 2. The average Bonchev–Trinajstić information content (AvgIpc) is 3.23. The molecule has 0 bridgehead atoms. The highest BCUT2D eigenvalue weighted by atomic mass is 16.6. The van der Waals surface area contributed by atoms with Crippen molar-refractivity contribution >= 4 is 30.4 Å². The third kappa shape index (κ3) is 3.14. The van der Waals surface area contributed by atoms with E-state index in [9.17, 15) is 19.8 Å². The second kappa shape index (κ2) is 6.99. The van der Waals surface area contributed by atoms with Gasteiger partial charge in [0, 0.05) is 0 Å². The molecule has 3 heterocycles. The lowest BCUT2D eigenvalue weighted by Gasteiger charge is -2.26. The van der Waals surface area contributed by atoms with Gasteiger partial charge < -0.3 is 19.7 Å². The summed E-state index contributed by atoms with van der Waals surface area (Å²) in [4.78, 5) is 36.7. The second-order valence-electron chi connectivity index (χ2n) is 6.16. The van der Waals surface area contributed by atoms with Gasteiger partial charge in [0.25, 0.3) is 5.91 Å². The summed E-state index contributed by atoms with van der Waals surface area (Å²) in [6.45, 7) is -0.246. The molecule has 1 unspecified atom stereocenters. The largest absolute Gasteiger partial charge is 0.459 e. The molecule has 0 radical (unpaired) electrons. The normalized spacial score (nSPS) is 31.8. The maximum absolute atomic E-state index is 12.0. The van der Waals surface area contributed by atoms with Crippen LogP contribution in [0.1, 0.15) is 10.4 Å². The van der Waals surface area contributed by atoms with Crippen LogP contribution >= 0.6 is 0 Å². The third-order valence-corrected chi connectivity index (χ3v) is 4.46. The minimum atomic E-state index is -1.31. The molecule has 1 aromatic carbocycles. The standard InChI is InChI=1S/C17H16N4O6/c22-12-10(6-26-17(25)9-4-2-1-3-5-9)27-16(13(12)23)21-8-20-11-14(21)18-7-19-15(11)24/h1-5,7-8,10-13,16,22-23H,6H2/t10-,11?,12-,13-,16-/m1/s1. The van der Waals surface area contributed by atoms with Crippen LogP contribution in [0.2, 0.25) is 0 Å². The van der Waals surface area contributed by atoms with E-state index in [0.29, 0.717) is 5.56 Å². The van der Waals surface area contributed by atoms with Crippen LogP contribution in [-0.4, -0.2) is 82.7 Å². The van der Waals surface area contributed by atoms with Crippen molar-refractivity contribution < 1.29 is 29.3 Å². The van der Waals surface area contributed by atoms with Crippen molar-refractivity contribution in [1.29, 1.82) is 0 Å². The zero-order valence-corrected chi connectivity index (χ0v) is 14.0. The maximum atomic E-state index is 12.0. The number of hydrogen-bond donors (Lipinski definition) is 2. The molecule has 1 saturated heterocycles. The number of hydrogen-bond acceptors (Lipinski definition) is 9. The van der Waals surface area contributed by atoms with E-state index in [1.54, 1.807) is 30.3 Å². The van der Waals surface area contributed by atoms with Crippen LogP contribution in [0.5, 0.6) is 0 Å². The molecule has 3 aliphatic heterocycles. The Hall–Kier alpha value is -2.95. The first-order valence-corrected chi connectivity index (χ1v) is 8.26. The number of aliphatic imine (C=N–C) groups is 3. The molecule has 27 heavy (non-hydrogen) atoms. The van der Waals surface area contributed by atoms with Crippen molar-refractivity contribution in [3.05, 3.63) is 35.9 Å². The Balaban J connectivity index is 1.42. The molecule has 5 atom stereocenters. The number of fused-ring (bicyclic) bond motifs is 1. The summed E-state index contributed by atoms with van der Waals surface area (Å²) in [6, 6.07) is 7.51. The number of carbonyl (C=O) groups is 2. The first-order valence-electron chi connectivity index (χ1n) is 8.26. The smallest absolute Gasteiger partial charge is 0.338 e. The topological polar surface area (TPSA) is 133 Å². The van der Waals surface area contributed by atoms with Gasteiger partial charge in [-0.25, -0.2) is 9.79 Å². The van der Waals surface area contributed by atoms with Crippen LogP contribution < -0.4 is 0 Å². The van der Waals surface area contributed by atoms with Crippen molar-refractivity contribution in [2.75, 3.05) is 6.61 Å². The molecule has 1 amide bonds. The number of aliphatic hydroxyl groups is 2. The Morgan fingerprint density at radius 3 is 2.78 bits per heavy atom. The van der Waals surface area contributed by atoms with E-state index in [0.717, 1.165) is 6.34 Å². The fourth-order valence-corrected chi connectivity index (χ4v) is 3.04. The lowest BCUT2D eigenvalue weighted by Crippen LogP contribution is -2.48. The fourth-order valence-electron chi connectivity index (χ4n) is 3.04. The van der Waals surface area contributed by atoms with Crippen LogP contribution in [0.4, 0.5) is 0 Å². The van der Waals surface area contributed by atoms with Gasteiger partial charge >= 0.3 is 5.97 Å². The van der Waals surface area contributed by atoms with Gasteiger partial charge in [-0.15, -0.1) is 0 Å². The van der Waals surface area contributed by atoms with Gasteiger partial charge in [-0.1, -0.05) is 18.2 Å². The van der Waals surface area contributed by atoms with Gasteiger partial charge in [0.1, 0.15) is 37.1 Å². The minimum Gasteiger partial charge on any atom is -0.459 e. The predicted molar refractivity (Wildman–Crippen MR) is 92.5 cm³/mol. The highest BCUT2D eigenvalue weighted by Crippen LogP contribution is 2.27. The molecule has 10 nitrogen and oxygen atoms in total. The summed E-state index contributed by atoms with van der Waals surface area (Å²) < 4.78 is 10.8. The van der Waals surface area contributed by atoms with Gasteiger partial charge in [-0.05, 0) is 12.1 Å². The van der Waals surface area contributed by atoms with Crippen molar-refractivity contribution in [2.24, 2.45) is 15.0 Å². The zero-order chi connectivity index (χ0) is 19.0. The van der Waals surface area contributed by atoms with Crippen LogP contribution in [-0.2, 0) is 14.3 Å². The Labute approximate surface area is 153 Å². The molecule has 0 aliphatic carbocycles. The maximum Gasteiger partial charge on any atom is 0.338 e. The van der Waals surface area contributed by atoms with Crippen molar-refractivity contribution in [3.63, 3.8) is 0 Å². The summed E-state index contributed by atoms with van der Waals surface area (Å²) >= 11 is 0. The van der Waals surface area contributed by atoms with Gasteiger partial charge in [0.15, 0.2) is 12.3 Å². The molecule has 140 valence electrons. The van der Waals surface area contributed by atoms with Gasteiger partial charge in [0.2, 0.25) is 0 Å². The molecule has 1 aromatic rings. The van der Waals surface area contributed by atoms with Crippen molar-refractivity contribution in [3.8, 4) is 0 Å². The van der Waals surface area contributed by atoms with Gasteiger partial charge in [0.05, 0.1) is 11.9 Å². The SMILES string of the molecule is O=C(OC[C@H]1O[C@@H](N2C=NC3C(=O)N=CN=C32)[C@H](O)[C@@H]1O)c1ccccc1. The van der Waals surface area contributed by atoms with E-state index < -0.39 is 42.5 Å². The lowest BCUT2D eigenvalue weighted by molar-refractivity contribution is -0.117. The van der Waals surface area contributed by atoms with E-state index in [1.165, 1.54) is 11.2 Å². The van der Waals surface area contributed by atoms with E-state index in [1.807, 2.05) is 0 Å². The van der Waals surface area contributed by atoms with Crippen LogP contribution in [0.25, 0.3) is 0 Å².